The second kappa shape index (κ2) is 5.31. The van der Waals surface area contributed by atoms with Crippen molar-refractivity contribution in [2.75, 3.05) is 16.8 Å². The van der Waals surface area contributed by atoms with E-state index in [-0.39, 0.29) is 0 Å². The molecule has 124 valence electrons. The summed E-state index contributed by atoms with van der Waals surface area (Å²) in [5, 5.41) is 0. The van der Waals surface area contributed by atoms with Gasteiger partial charge in [-0.1, -0.05) is 42.5 Å². The summed E-state index contributed by atoms with van der Waals surface area (Å²) in [4.78, 5) is 14.3. The number of hydrogen-bond acceptors (Lipinski definition) is 4. The van der Waals surface area contributed by atoms with Crippen LogP contribution < -0.4 is 9.80 Å². The van der Waals surface area contributed by atoms with E-state index >= 15 is 0 Å². The van der Waals surface area contributed by atoms with Crippen LogP contribution in [0.15, 0.2) is 54.7 Å². The Hall–Kier alpha value is -2.88. The van der Waals surface area contributed by atoms with Gasteiger partial charge in [0.2, 0.25) is 0 Å². The molecule has 0 bridgehead atoms. The van der Waals surface area contributed by atoms with Gasteiger partial charge >= 0.3 is 0 Å². The standard InChI is InChI=1S/C21H20N4/c1-14-7-3-5-9-16(14)20-22-13-18-21(23-20)24(2)19-12-11-15-8-4-6-10-17(15)25(18)19/h3-10,13,19H,11-12H2,1-2H3. The molecule has 1 aromatic heterocycles. The minimum atomic E-state index is 0.325. The van der Waals surface area contributed by atoms with Crippen LogP contribution >= 0.6 is 0 Å². The van der Waals surface area contributed by atoms with Crippen molar-refractivity contribution in [1.29, 1.82) is 0 Å². The van der Waals surface area contributed by atoms with Crippen molar-refractivity contribution in [1.82, 2.24) is 9.97 Å². The fourth-order valence-electron chi connectivity index (χ4n) is 4.08. The molecule has 3 aromatic rings. The number of fused-ring (bicyclic) bond motifs is 5. The zero-order chi connectivity index (χ0) is 17.0. The van der Waals surface area contributed by atoms with Crippen molar-refractivity contribution in [2.24, 2.45) is 0 Å². The number of nitrogens with zero attached hydrogens (tertiary/aromatic N) is 4. The Labute approximate surface area is 147 Å². The summed E-state index contributed by atoms with van der Waals surface area (Å²) in [6, 6.07) is 17.0. The second-order valence-electron chi connectivity index (χ2n) is 6.85. The lowest BCUT2D eigenvalue weighted by Gasteiger charge is -2.35. The van der Waals surface area contributed by atoms with Gasteiger partial charge in [-0.2, -0.15) is 0 Å². The highest BCUT2D eigenvalue weighted by atomic mass is 15.4. The lowest BCUT2D eigenvalue weighted by atomic mass is 10.00. The molecule has 0 saturated carbocycles. The minimum absolute atomic E-state index is 0.325. The number of hydrogen-bond donors (Lipinski definition) is 0. The van der Waals surface area contributed by atoms with Crippen molar-refractivity contribution in [3.8, 4) is 11.4 Å². The predicted molar refractivity (Wildman–Crippen MR) is 101 cm³/mol. The highest BCUT2D eigenvalue weighted by molar-refractivity contribution is 5.83. The molecule has 0 amide bonds. The van der Waals surface area contributed by atoms with Crippen LogP contribution in [-0.4, -0.2) is 23.2 Å². The third-order valence-corrected chi connectivity index (χ3v) is 5.40. The maximum absolute atomic E-state index is 4.94. The molecule has 2 aromatic carbocycles. The van der Waals surface area contributed by atoms with E-state index in [9.17, 15) is 0 Å². The van der Waals surface area contributed by atoms with Gasteiger partial charge in [-0.3, -0.25) is 0 Å². The van der Waals surface area contributed by atoms with Crippen molar-refractivity contribution >= 4 is 17.2 Å². The van der Waals surface area contributed by atoms with Crippen molar-refractivity contribution < 1.29 is 0 Å². The van der Waals surface area contributed by atoms with Crippen molar-refractivity contribution in [3.05, 3.63) is 65.9 Å². The number of aryl methyl sites for hydroxylation is 2. The highest BCUT2D eigenvalue weighted by Crippen LogP contribution is 2.47. The maximum atomic E-state index is 4.94. The van der Waals surface area contributed by atoms with Crippen LogP contribution in [0.1, 0.15) is 17.5 Å². The van der Waals surface area contributed by atoms with E-state index < -0.39 is 0 Å². The Morgan fingerprint density at radius 1 is 1.00 bits per heavy atom. The zero-order valence-electron chi connectivity index (χ0n) is 14.5. The normalized spacial score (nSPS) is 17.9. The number of para-hydroxylation sites is 1. The molecule has 3 heterocycles. The summed E-state index contributed by atoms with van der Waals surface area (Å²) in [6.07, 6.45) is 4.52. The van der Waals surface area contributed by atoms with Crippen LogP contribution in [0.3, 0.4) is 0 Å². The van der Waals surface area contributed by atoms with Crippen LogP contribution in [0.4, 0.5) is 17.2 Å². The van der Waals surface area contributed by atoms with E-state index in [2.05, 4.69) is 66.2 Å². The molecule has 1 unspecified atom stereocenters. The van der Waals surface area contributed by atoms with Crippen LogP contribution in [0.25, 0.3) is 11.4 Å². The van der Waals surface area contributed by atoms with Gasteiger partial charge in [0.1, 0.15) is 11.9 Å². The fraction of sp³-hybridized carbons (Fsp3) is 0.238. The Kier molecular flexibility index (Phi) is 3.07. The molecule has 0 spiro atoms. The SMILES string of the molecule is Cc1ccccc1-c1ncc2c(n1)N(C)C1CCc3ccccc3N21. The lowest BCUT2D eigenvalue weighted by molar-refractivity contribution is 0.587. The summed E-state index contributed by atoms with van der Waals surface area (Å²) in [5.41, 5.74) is 6.10. The summed E-state index contributed by atoms with van der Waals surface area (Å²) in [7, 11) is 2.14. The van der Waals surface area contributed by atoms with E-state index in [0.717, 1.165) is 35.7 Å². The van der Waals surface area contributed by atoms with Gasteiger partial charge in [-0.15, -0.1) is 0 Å². The molecule has 25 heavy (non-hydrogen) atoms. The summed E-state index contributed by atoms with van der Waals surface area (Å²) >= 11 is 0. The lowest BCUT2D eigenvalue weighted by Crippen LogP contribution is -2.41. The molecule has 0 aliphatic carbocycles. The number of aromatic nitrogens is 2. The van der Waals surface area contributed by atoms with Gasteiger partial charge in [0.05, 0.1) is 6.20 Å². The third-order valence-electron chi connectivity index (χ3n) is 5.40. The first-order chi connectivity index (χ1) is 12.2. The van der Waals surface area contributed by atoms with E-state index in [1.54, 1.807) is 0 Å². The van der Waals surface area contributed by atoms with Crippen LogP contribution in [0.2, 0.25) is 0 Å². The third kappa shape index (κ3) is 2.07. The molecule has 2 aliphatic rings. The first-order valence-corrected chi connectivity index (χ1v) is 8.77. The zero-order valence-corrected chi connectivity index (χ0v) is 14.5. The molecule has 0 radical (unpaired) electrons. The molecule has 0 saturated heterocycles. The highest BCUT2D eigenvalue weighted by Gasteiger charge is 2.39. The average molecular weight is 328 g/mol. The van der Waals surface area contributed by atoms with E-state index in [0.29, 0.717) is 6.17 Å². The minimum Gasteiger partial charge on any atom is -0.337 e. The topological polar surface area (TPSA) is 32.3 Å². The quantitative estimate of drug-likeness (QED) is 0.666. The van der Waals surface area contributed by atoms with E-state index in [1.807, 2.05) is 12.3 Å². The number of benzene rings is 2. The number of anilines is 3. The molecular formula is C21H20N4. The Morgan fingerprint density at radius 2 is 1.80 bits per heavy atom. The molecule has 0 fully saturated rings. The van der Waals surface area contributed by atoms with Crippen LogP contribution in [0, 0.1) is 6.92 Å². The van der Waals surface area contributed by atoms with Gasteiger partial charge in [0.25, 0.3) is 0 Å². The molecule has 4 nitrogen and oxygen atoms in total. The Balaban J connectivity index is 1.65. The second-order valence-corrected chi connectivity index (χ2v) is 6.85. The molecular weight excluding hydrogens is 308 g/mol. The largest absolute Gasteiger partial charge is 0.337 e. The summed E-state index contributed by atoms with van der Waals surface area (Å²) < 4.78 is 0. The first-order valence-electron chi connectivity index (χ1n) is 8.77. The van der Waals surface area contributed by atoms with Crippen molar-refractivity contribution in [2.45, 2.75) is 25.9 Å². The van der Waals surface area contributed by atoms with Gasteiger partial charge in [-0.25, -0.2) is 9.97 Å². The van der Waals surface area contributed by atoms with Crippen molar-refractivity contribution in [3.63, 3.8) is 0 Å². The first kappa shape index (κ1) is 14.5. The maximum Gasteiger partial charge on any atom is 0.161 e. The molecule has 5 rings (SSSR count). The summed E-state index contributed by atoms with van der Waals surface area (Å²) in [6.45, 7) is 2.11. The van der Waals surface area contributed by atoms with Gasteiger partial charge in [-0.05, 0) is 37.0 Å². The fourth-order valence-corrected chi connectivity index (χ4v) is 4.08. The number of rotatable bonds is 1. The van der Waals surface area contributed by atoms with Crippen LogP contribution in [-0.2, 0) is 6.42 Å². The predicted octanol–water partition coefficient (Wildman–Crippen LogP) is 4.31. The van der Waals surface area contributed by atoms with E-state index in [4.69, 9.17) is 9.97 Å². The molecule has 2 aliphatic heterocycles. The molecule has 0 N–H and O–H groups in total. The Bertz CT molecular complexity index is 966. The molecule has 1 atom stereocenters. The smallest absolute Gasteiger partial charge is 0.161 e. The Morgan fingerprint density at radius 3 is 2.68 bits per heavy atom. The van der Waals surface area contributed by atoms with Gasteiger partial charge in [0.15, 0.2) is 11.6 Å². The monoisotopic (exact) mass is 328 g/mol. The molecule has 4 heteroatoms. The van der Waals surface area contributed by atoms with Gasteiger partial charge in [0, 0.05) is 18.3 Å². The average Bonchev–Trinajstić information content (AvgIpc) is 2.94. The van der Waals surface area contributed by atoms with Gasteiger partial charge < -0.3 is 9.80 Å². The van der Waals surface area contributed by atoms with E-state index in [1.165, 1.54) is 16.8 Å². The summed E-state index contributed by atoms with van der Waals surface area (Å²) in [5.74, 6) is 1.83. The van der Waals surface area contributed by atoms with Crippen LogP contribution in [0.5, 0.6) is 0 Å².